The van der Waals surface area contributed by atoms with Gasteiger partial charge in [-0.05, 0) is 42.2 Å². The van der Waals surface area contributed by atoms with Gasteiger partial charge in [0.15, 0.2) is 0 Å². The molecule has 0 unspecified atom stereocenters. The molecule has 28 heavy (non-hydrogen) atoms. The van der Waals surface area contributed by atoms with Crippen LogP contribution < -0.4 is 0 Å². The van der Waals surface area contributed by atoms with Crippen LogP contribution in [0.1, 0.15) is 29.7 Å². The Morgan fingerprint density at radius 2 is 1.89 bits per heavy atom. The summed E-state index contributed by atoms with van der Waals surface area (Å²) < 4.78 is 42.4. The van der Waals surface area contributed by atoms with Gasteiger partial charge in [-0.1, -0.05) is 18.2 Å². The van der Waals surface area contributed by atoms with Crippen LogP contribution >= 0.6 is 0 Å². The van der Waals surface area contributed by atoms with Gasteiger partial charge in [0.1, 0.15) is 17.5 Å². The lowest BCUT2D eigenvalue weighted by atomic mass is 9.89. The molecule has 0 spiro atoms. The van der Waals surface area contributed by atoms with Crippen LogP contribution in [0.25, 0.3) is 0 Å². The predicted octanol–water partition coefficient (Wildman–Crippen LogP) is 4.06. The topological polar surface area (TPSA) is 23.6 Å². The molecule has 0 saturated carbocycles. The molecular weight excluding hydrogens is 365 g/mol. The summed E-state index contributed by atoms with van der Waals surface area (Å²) in [5, 5.41) is 0. The fraction of sp³-hybridized carbons (Fsp3) is 0.409. The first-order chi connectivity index (χ1) is 13.3. The van der Waals surface area contributed by atoms with Crippen LogP contribution in [0.4, 0.5) is 13.2 Å². The number of aryl methyl sites for hydroxylation is 1. The first-order valence-corrected chi connectivity index (χ1v) is 9.53. The predicted molar refractivity (Wildman–Crippen MR) is 99.9 cm³/mol. The molecule has 2 saturated heterocycles. The SMILES string of the molecule is CC(=O)N1C[C@H]2CN(Cc3c(F)ccc(C)c3F)C[C@H]2[C@H]1c1cccc(F)c1. The third kappa shape index (κ3) is 3.30. The molecule has 2 aliphatic heterocycles. The van der Waals surface area contributed by atoms with Crippen LogP contribution in [0.3, 0.4) is 0 Å². The summed E-state index contributed by atoms with van der Waals surface area (Å²) >= 11 is 0. The molecule has 2 aromatic carbocycles. The van der Waals surface area contributed by atoms with Gasteiger partial charge >= 0.3 is 0 Å². The van der Waals surface area contributed by atoms with Crippen LogP contribution in [0.2, 0.25) is 0 Å². The van der Waals surface area contributed by atoms with E-state index in [2.05, 4.69) is 0 Å². The molecule has 0 aliphatic carbocycles. The summed E-state index contributed by atoms with van der Waals surface area (Å²) in [6, 6.07) is 8.89. The van der Waals surface area contributed by atoms with E-state index in [1.807, 2.05) is 11.0 Å². The Labute approximate surface area is 162 Å². The quantitative estimate of drug-likeness (QED) is 0.792. The van der Waals surface area contributed by atoms with E-state index >= 15 is 0 Å². The largest absolute Gasteiger partial charge is 0.335 e. The van der Waals surface area contributed by atoms with Gasteiger partial charge < -0.3 is 4.90 Å². The summed E-state index contributed by atoms with van der Waals surface area (Å²) in [6.45, 7) is 5.21. The van der Waals surface area contributed by atoms with E-state index in [1.54, 1.807) is 17.9 Å². The second kappa shape index (κ2) is 7.24. The molecular formula is C22H23F3N2O. The number of nitrogens with zero attached hydrogens (tertiary/aromatic N) is 2. The van der Waals surface area contributed by atoms with Gasteiger partial charge in [0.2, 0.25) is 5.91 Å². The van der Waals surface area contributed by atoms with Crippen molar-refractivity contribution in [2.24, 2.45) is 11.8 Å². The number of rotatable bonds is 3. The molecule has 3 nitrogen and oxygen atoms in total. The molecule has 0 bridgehead atoms. The first kappa shape index (κ1) is 19.0. The molecule has 6 heteroatoms. The van der Waals surface area contributed by atoms with Crippen molar-refractivity contribution in [2.75, 3.05) is 19.6 Å². The van der Waals surface area contributed by atoms with E-state index in [0.29, 0.717) is 25.2 Å². The Bertz CT molecular complexity index is 917. The van der Waals surface area contributed by atoms with Crippen molar-refractivity contribution in [3.05, 3.63) is 70.5 Å². The third-order valence-electron chi connectivity index (χ3n) is 6.10. The summed E-state index contributed by atoms with van der Waals surface area (Å²) in [4.78, 5) is 16.0. The fourth-order valence-corrected chi connectivity index (χ4v) is 4.79. The summed E-state index contributed by atoms with van der Waals surface area (Å²) in [5.74, 6) is -1.08. The molecule has 148 valence electrons. The van der Waals surface area contributed by atoms with Gasteiger partial charge in [0, 0.05) is 44.6 Å². The van der Waals surface area contributed by atoms with Crippen LogP contribution in [-0.4, -0.2) is 35.3 Å². The second-order valence-corrected chi connectivity index (χ2v) is 7.95. The van der Waals surface area contributed by atoms with Gasteiger partial charge in [-0.2, -0.15) is 0 Å². The van der Waals surface area contributed by atoms with Crippen molar-refractivity contribution in [1.82, 2.24) is 9.80 Å². The number of carbonyl (C=O) groups is 1. The zero-order chi connectivity index (χ0) is 20.0. The van der Waals surface area contributed by atoms with Crippen LogP contribution in [0.5, 0.6) is 0 Å². The Morgan fingerprint density at radius 1 is 1.11 bits per heavy atom. The Kier molecular flexibility index (Phi) is 4.91. The Balaban J connectivity index is 1.58. The van der Waals surface area contributed by atoms with Gasteiger partial charge in [-0.25, -0.2) is 13.2 Å². The van der Waals surface area contributed by atoms with E-state index < -0.39 is 11.6 Å². The number of hydrogen-bond acceptors (Lipinski definition) is 2. The van der Waals surface area contributed by atoms with Gasteiger partial charge in [0.05, 0.1) is 6.04 Å². The van der Waals surface area contributed by atoms with E-state index in [9.17, 15) is 18.0 Å². The van der Waals surface area contributed by atoms with Crippen LogP contribution in [0.15, 0.2) is 36.4 Å². The lowest BCUT2D eigenvalue weighted by Crippen LogP contribution is -2.34. The van der Waals surface area contributed by atoms with Crippen molar-refractivity contribution < 1.29 is 18.0 Å². The number of amides is 1. The minimum Gasteiger partial charge on any atom is -0.335 e. The average molecular weight is 388 g/mol. The van der Waals surface area contributed by atoms with E-state index in [0.717, 1.165) is 5.56 Å². The van der Waals surface area contributed by atoms with E-state index in [4.69, 9.17) is 0 Å². The van der Waals surface area contributed by atoms with Crippen molar-refractivity contribution in [3.63, 3.8) is 0 Å². The van der Waals surface area contributed by atoms with Gasteiger partial charge in [-0.15, -0.1) is 0 Å². The maximum Gasteiger partial charge on any atom is 0.219 e. The molecule has 2 fully saturated rings. The minimum absolute atomic E-state index is 0.0361. The molecule has 2 aliphatic rings. The normalized spacial score (nSPS) is 24.6. The van der Waals surface area contributed by atoms with Gasteiger partial charge in [-0.3, -0.25) is 9.69 Å². The average Bonchev–Trinajstić information content (AvgIpc) is 3.19. The highest BCUT2D eigenvalue weighted by Gasteiger charge is 2.48. The molecule has 0 aromatic heterocycles. The molecule has 2 heterocycles. The molecule has 4 rings (SSSR count). The zero-order valence-corrected chi connectivity index (χ0v) is 16.0. The minimum atomic E-state index is -0.535. The smallest absolute Gasteiger partial charge is 0.219 e. The summed E-state index contributed by atoms with van der Waals surface area (Å²) in [6.07, 6.45) is 0. The molecule has 0 N–H and O–H groups in total. The fourth-order valence-electron chi connectivity index (χ4n) is 4.79. The number of fused-ring (bicyclic) bond motifs is 1. The number of hydrogen-bond donors (Lipinski definition) is 0. The van der Waals surface area contributed by atoms with E-state index in [1.165, 1.54) is 31.2 Å². The molecule has 1 amide bonds. The summed E-state index contributed by atoms with van der Waals surface area (Å²) in [7, 11) is 0. The van der Waals surface area contributed by atoms with Gasteiger partial charge in [0.25, 0.3) is 0 Å². The monoisotopic (exact) mass is 388 g/mol. The highest BCUT2D eigenvalue weighted by molar-refractivity contribution is 5.74. The lowest BCUT2D eigenvalue weighted by Gasteiger charge is -2.29. The maximum absolute atomic E-state index is 14.4. The van der Waals surface area contributed by atoms with E-state index in [-0.39, 0.29) is 41.7 Å². The summed E-state index contributed by atoms with van der Waals surface area (Å²) in [5.41, 5.74) is 1.29. The highest BCUT2D eigenvalue weighted by atomic mass is 19.1. The Morgan fingerprint density at radius 3 is 2.61 bits per heavy atom. The molecule has 0 radical (unpaired) electrons. The number of carbonyl (C=O) groups excluding carboxylic acids is 1. The molecule has 3 atom stereocenters. The van der Waals surface area contributed by atoms with Crippen LogP contribution in [0, 0.1) is 36.2 Å². The first-order valence-electron chi connectivity index (χ1n) is 9.53. The number of benzene rings is 2. The van der Waals surface area contributed by atoms with Crippen molar-refractivity contribution >= 4 is 5.91 Å². The van der Waals surface area contributed by atoms with Crippen LogP contribution in [-0.2, 0) is 11.3 Å². The highest BCUT2D eigenvalue weighted by Crippen LogP contribution is 2.45. The maximum atomic E-state index is 14.4. The molecule has 2 aromatic rings. The standard InChI is InChI=1S/C22H23F3N2O/c1-13-6-7-20(24)19(21(13)25)12-26-9-16-10-27(14(2)28)22(18(16)11-26)15-4-3-5-17(23)8-15/h3-8,16,18,22H,9-12H2,1-2H3/t16-,18-,22-/m1/s1. The third-order valence-corrected chi connectivity index (χ3v) is 6.10. The second-order valence-electron chi connectivity index (χ2n) is 7.95. The number of halogens is 3. The Hall–Kier alpha value is -2.34. The van der Waals surface area contributed by atoms with Crippen molar-refractivity contribution in [1.29, 1.82) is 0 Å². The van der Waals surface area contributed by atoms with Crippen molar-refractivity contribution in [3.8, 4) is 0 Å². The number of likely N-dealkylation sites (tertiary alicyclic amines) is 2. The lowest BCUT2D eigenvalue weighted by molar-refractivity contribution is -0.130. The zero-order valence-electron chi connectivity index (χ0n) is 16.0. The van der Waals surface area contributed by atoms with Crippen molar-refractivity contribution in [2.45, 2.75) is 26.4 Å².